The molecule has 8 heteroatoms. The molecule has 3 rings (SSSR count). The monoisotopic (exact) mass is 409 g/mol. The minimum Gasteiger partial charge on any atom is -0.367 e. The van der Waals surface area contributed by atoms with Crippen LogP contribution in [-0.4, -0.2) is 68.4 Å². The van der Waals surface area contributed by atoms with Crippen molar-refractivity contribution in [3.63, 3.8) is 0 Å². The zero-order chi connectivity index (χ0) is 21.7. The molecule has 0 spiro atoms. The summed E-state index contributed by atoms with van der Waals surface area (Å²) in [6.45, 7) is 2.62. The van der Waals surface area contributed by atoms with E-state index in [-0.39, 0.29) is 18.4 Å². The van der Waals surface area contributed by atoms with E-state index in [1.165, 1.54) is 11.0 Å². The third-order valence-corrected chi connectivity index (χ3v) is 4.96. The summed E-state index contributed by atoms with van der Waals surface area (Å²) in [7, 11) is 3.36. The van der Waals surface area contributed by atoms with Gasteiger partial charge in [-0.3, -0.25) is 14.5 Å². The van der Waals surface area contributed by atoms with Gasteiger partial charge in [-0.05, 0) is 36.4 Å². The fourth-order valence-electron chi connectivity index (χ4n) is 3.37. The van der Waals surface area contributed by atoms with Crippen LogP contribution in [0.15, 0.2) is 42.5 Å². The number of benzene rings is 2. The Kier molecular flexibility index (Phi) is 6.65. The van der Waals surface area contributed by atoms with Crippen molar-refractivity contribution in [1.29, 1.82) is 5.26 Å². The van der Waals surface area contributed by atoms with Gasteiger partial charge in [0, 0.05) is 51.5 Å². The maximum absolute atomic E-state index is 14.2. The first-order chi connectivity index (χ1) is 14.4. The normalized spacial score (nSPS) is 14.1. The smallest absolute Gasteiger partial charge is 0.253 e. The molecule has 2 aromatic carbocycles. The molecule has 1 heterocycles. The number of nitriles is 1. The third-order valence-electron chi connectivity index (χ3n) is 4.96. The second kappa shape index (κ2) is 9.37. The lowest BCUT2D eigenvalue weighted by atomic mass is 10.1. The Bertz CT molecular complexity index is 978. The second-order valence-electron chi connectivity index (χ2n) is 7.37. The molecule has 0 unspecified atom stereocenters. The molecule has 1 aliphatic heterocycles. The zero-order valence-corrected chi connectivity index (χ0v) is 17.1. The first-order valence-electron chi connectivity index (χ1n) is 9.66. The SMILES string of the molecule is CN(C)C(=O)c1cccc(NC(=O)CN2CCN(c3ccc(C#N)cc3F)CC2)c1. The summed E-state index contributed by atoms with van der Waals surface area (Å²) in [5, 5.41) is 11.7. The van der Waals surface area contributed by atoms with Crippen LogP contribution in [0.25, 0.3) is 0 Å². The van der Waals surface area contributed by atoms with Crippen LogP contribution in [0.3, 0.4) is 0 Å². The van der Waals surface area contributed by atoms with E-state index >= 15 is 0 Å². The van der Waals surface area contributed by atoms with Crippen LogP contribution >= 0.6 is 0 Å². The summed E-state index contributed by atoms with van der Waals surface area (Å²) < 4.78 is 14.2. The van der Waals surface area contributed by atoms with E-state index in [2.05, 4.69) is 5.32 Å². The van der Waals surface area contributed by atoms with E-state index in [9.17, 15) is 14.0 Å². The Morgan fingerprint density at radius 2 is 1.87 bits per heavy atom. The van der Waals surface area contributed by atoms with Crippen molar-refractivity contribution in [1.82, 2.24) is 9.80 Å². The molecular weight excluding hydrogens is 385 g/mol. The molecule has 156 valence electrons. The predicted molar refractivity (Wildman–Crippen MR) is 113 cm³/mol. The molecule has 0 aliphatic carbocycles. The van der Waals surface area contributed by atoms with Crippen LogP contribution in [0.1, 0.15) is 15.9 Å². The number of hydrogen-bond acceptors (Lipinski definition) is 5. The summed E-state index contributed by atoms with van der Waals surface area (Å²) in [5.41, 5.74) is 1.85. The summed E-state index contributed by atoms with van der Waals surface area (Å²) in [6.07, 6.45) is 0. The highest BCUT2D eigenvalue weighted by Crippen LogP contribution is 2.22. The molecule has 0 atom stereocenters. The average Bonchev–Trinajstić information content (AvgIpc) is 2.73. The molecule has 0 aromatic heterocycles. The number of piperazine rings is 1. The topological polar surface area (TPSA) is 79.7 Å². The van der Waals surface area contributed by atoms with Crippen molar-refractivity contribution in [3.05, 3.63) is 59.4 Å². The van der Waals surface area contributed by atoms with E-state index in [1.54, 1.807) is 50.5 Å². The molecule has 1 N–H and O–H groups in total. The second-order valence-corrected chi connectivity index (χ2v) is 7.37. The highest BCUT2D eigenvalue weighted by atomic mass is 19.1. The van der Waals surface area contributed by atoms with Gasteiger partial charge >= 0.3 is 0 Å². The Labute approximate surface area is 175 Å². The van der Waals surface area contributed by atoms with E-state index < -0.39 is 5.82 Å². The first kappa shape index (κ1) is 21.3. The van der Waals surface area contributed by atoms with Crippen LogP contribution in [0.4, 0.5) is 15.8 Å². The molecule has 1 aliphatic rings. The van der Waals surface area contributed by atoms with Crippen molar-refractivity contribution in [2.24, 2.45) is 0 Å². The summed E-state index contributed by atoms with van der Waals surface area (Å²) in [6, 6.07) is 13.2. The molecule has 1 fully saturated rings. The Hall–Kier alpha value is -3.44. The number of nitrogens with one attached hydrogen (secondary N) is 1. The Morgan fingerprint density at radius 1 is 1.13 bits per heavy atom. The molecule has 0 radical (unpaired) electrons. The van der Waals surface area contributed by atoms with Crippen LogP contribution in [-0.2, 0) is 4.79 Å². The van der Waals surface area contributed by atoms with Crippen molar-refractivity contribution in [2.45, 2.75) is 0 Å². The van der Waals surface area contributed by atoms with Crippen molar-refractivity contribution in [3.8, 4) is 6.07 Å². The minimum absolute atomic E-state index is 0.128. The summed E-state index contributed by atoms with van der Waals surface area (Å²) in [4.78, 5) is 29.9. The molecular formula is C22H24FN5O2. The molecule has 2 amide bonds. The van der Waals surface area contributed by atoms with E-state index in [0.29, 0.717) is 48.7 Å². The Balaban J connectivity index is 1.53. The molecule has 7 nitrogen and oxygen atoms in total. The summed E-state index contributed by atoms with van der Waals surface area (Å²) >= 11 is 0. The number of amides is 2. The molecule has 30 heavy (non-hydrogen) atoms. The van der Waals surface area contributed by atoms with Gasteiger partial charge in [0.2, 0.25) is 5.91 Å². The van der Waals surface area contributed by atoms with Crippen LogP contribution in [0, 0.1) is 17.1 Å². The van der Waals surface area contributed by atoms with Gasteiger partial charge in [-0.15, -0.1) is 0 Å². The van der Waals surface area contributed by atoms with Gasteiger partial charge in [0.15, 0.2) is 0 Å². The highest BCUT2D eigenvalue weighted by Gasteiger charge is 2.21. The lowest BCUT2D eigenvalue weighted by Crippen LogP contribution is -2.48. The predicted octanol–water partition coefficient (Wildman–Crippen LogP) is 2.16. The van der Waals surface area contributed by atoms with Gasteiger partial charge in [-0.1, -0.05) is 6.07 Å². The minimum atomic E-state index is -0.410. The highest BCUT2D eigenvalue weighted by molar-refractivity contribution is 5.97. The lowest BCUT2D eigenvalue weighted by Gasteiger charge is -2.35. The number of carbonyl (C=O) groups is 2. The zero-order valence-electron chi connectivity index (χ0n) is 17.1. The van der Waals surface area contributed by atoms with Gasteiger partial charge in [-0.2, -0.15) is 5.26 Å². The largest absolute Gasteiger partial charge is 0.367 e. The van der Waals surface area contributed by atoms with E-state index in [4.69, 9.17) is 5.26 Å². The van der Waals surface area contributed by atoms with Crippen LogP contribution in [0.2, 0.25) is 0 Å². The van der Waals surface area contributed by atoms with Gasteiger partial charge in [0.25, 0.3) is 5.91 Å². The molecule has 0 saturated carbocycles. The third kappa shape index (κ3) is 5.13. The van der Waals surface area contributed by atoms with Crippen LogP contribution < -0.4 is 10.2 Å². The van der Waals surface area contributed by atoms with E-state index in [0.717, 1.165) is 0 Å². The quantitative estimate of drug-likeness (QED) is 0.819. The van der Waals surface area contributed by atoms with Crippen LogP contribution in [0.5, 0.6) is 0 Å². The molecule has 1 saturated heterocycles. The molecule has 2 aromatic rings. The van der Waals surface area contributed by atoms with Gasteiger partial charge in [-0.25, -0.2) is 4.39 Å². The number of rotatable bonds is 5. The summed E-state index contributed by atoms with van der Waals surface area (Å²) in [5.74, 6) is -0.702. The van der Waals surface area contributed by atoms with Crippen molar-refractivity contribution in [2.75, 3.05) is 57.0 Å². The maximum Gasteiger partial charge on any atom is 0.253 e. The van der Waals surface area contributed by atoms with Crippen molar-refractivity contribution >= 4 is 23.2 Å². The fourth-order valence-corrected chi connectivity index (χ4v) is 3.37. The van der Waals surface area contributed by atoms with Gasteiger partial charge in [0.05, 0.1) is 23.9 Å². The number of carbonyl (C=O) groups excluding carboxylic acids is 2. The van der Waals surface area contributed by atoms with Gasteiger partial charge in [0.1, 0.15) is 5.82 Å². The Morgan fingerprint density at radius 3 is 2.50 bits per heavy atom. The van der Waals surface area contributed by atoms with Gasteiger partial charge < -0.3 is 15.1 Å². The number of nitrogens with zero attached hydrogens (tertiary/aromatic N) is 4. The van der Waals surface area contributed by atoms with Crippen molar-refractivity contribution < 1.29 is 14.0 Å². The first-order valence-corrected chi connectivity index (χ1v) is 9.66. The maximum atomic E-state index is 14.2. The average molecular weight is 409 g/mol. The standard InChI is InChI=1S/C22H24FN5O2/c1-26(2)22(30)17-4-3-5-18(13-17)25-21(29)15-27-8-10-28(11-9-27)20-7-6-16(14-24)12-19(20)23/h3-7,12-13H,8-11,15H2,1-2H3,(H,25,29). The number of anilines is 2. The molecule has 0 bridgehead atoms. The van der Waals surface area contributed by atoms with E-state index in [1.807, 2.05) is 15.9 Å². The number of hydrogen-bond donors (Lipinski definition) is 1. The lowest BCUT2D eigenvalue weighted by molar-refractivity contribution is -0.117. The fraction of sp³-hybridized carbons (Fsp3) is 0.318. The number of halogens is 1.